The summed E-state index contributed by atoms with van der Waals surface area (Å²) >= 11 is 0. The van der Waals surface area contributed by atoms with Crippen LogP contribution in [0.15, 0.2) is 42.7 Å². The van der Waals surface area contributed by atoms with Crippen molar-refractivity contribution in [3.63, 3.8) is 0 Å². The zero-order valence-electron chi connectivity index (χ0n) is 13.2. The number of hydrogen-bond acceptors (Lipinski definition) is 5. The standard InChI is InChI=1S/C17H19N3O4/c1-11-4-5-15(21)13(7-11)20-16(22)8-14(17(23)24)19-10-12-3-2-6-18-9-12/h2-7,9,14,19,21H,8,10H2,1H3,(H,20,22)(H,23,24)/t14-/m1/s1. The number of pyridine rings is 1. The molecule has 1 amide bonds. The van der Waals surface area contributed by atoms with Crippen molar-refractivity contribution >= 4 is 17.6 Å². The molecule has 0 spiro atoms. The first-order valence-corrected chi connectivity index (χ1v) is 7.40. The molecule has 0 aliphatic carbocycles. The molecular formula is C17H19N3O4. The van der Waals surface area contributed by atoms with Gasteiger partial charge in [-0.2, -0.15) is 0 Å². The Kier molecular flexibility index (Phi) is 5.86. The fraction of sp³-hybridized carbons (Fsp3) is 0.235. The van der Waals surface area contributed by atoms with Crippen LogP contribution in [0.5, 0.6) is 5.75 Å². The monoisotopic (exact) mass is 329 g/mol. The number of rotatable bonds is 7. The van der Waals surface area contributed by atoms with Crippen molar-refractivity contribution in [1.82, 2.24) is 10.3 Å². The molecule has 0 radical (unpaired) electrons. The smallest absolute Gasteiger partial charge is 0.321 e. The first kappa shape index (κ1) is 17.4. The molecule has 1 heterocycles. The fourth-order valence-electron chi connectivity index (χ4n) is 2.13. The molecule has 0 aliphatic rings. The number of phenols is 1. The lowest BCUT2D eigenvalue weighted by Crippen LogP contribution is -2.39. The molecule has 1 atom stereocenters. The molecule has 1 aromatic carbocycles. The summed E-state index contributed by atoms with van der Waals surface area (Å²) < 4.78 is 0. The molecular weight excluding hydrogens is 310 g/mol. The van der Waals surface area contributed by atoms with E-state index in [1.54, 1.807) is 30.6 Å². The second-order valence-electron chi connectivity index (χ2n) is 5.41. The SMILES string of the molecule is Cc1ccc(O)c(NC(=O)C[C@@H](NCc2cccnc2)C(=O)O)c1. The second kappa shape index (κ2) is 8.07. The molecule has 7 nitrogen and oxygen atoms in total. The first-order valence-electron chi connectivity index (χ1n) is 7.40. The van der Waals surface area contributed by atoms with Crippen molar-refractivity contribution in [3.8, 4) is 5.75 Å². The number of nitrogens with zero attached hydrogens (tertiary/aromatic N) is 1. The van der Waals surface area contributed by atoms with Gasteiger partial charge in [-0.05, 0) is 36.2 Å². The summed E-state index contributed by atoms with van der Waals surface area (Å²) in [5, 5.41) is 24.3. The Labute approximate surface area is 139 Å². The maximum atomic E-state index is 12.1. The summed E-state index contributed by atoms with van der Waals surface area (Å²) in [6.07, 6.45) is 2.99. The van der Waals surface area contributed by atoms with E-state index in [1.807, 2.05) is 13.0 Å². The fourth-order valence-corrected chi connectivity index (χ4v) is 2.13. The zero-order valence-corrected chi connectivity index (χ0v) is 13.2. The van der Waals surface area contributed by atoms with E-state index in [0.717, 1.165) is 11.1 Å². The van der Waals surface area contributed by atoms with Crippen molar-refractivity contribution in [2.24, 2.45) is 0 Å². The summed E-state index contributed by atoms with van der Waals surface area (Å²) in [4.78, 5) is 27.3. The van der Waals surface area contributed by atoms with E-state index >= 15 is 0 Å². The van der Waals surface area contributed by atoms with E-state index in [-0.39, 0.29) is 24.4 Å². The van der Waals surface area contributed by atoms with Crippen LogP contribution in [-0.2, 0) is 16.1 Å². The molecule has 0 aliphatic heterocycles. The van der Waals surface area contributed by atoms with E-state index in [9.17, 15) is 19.8 Å². The van der Waals surface area contributed by atoms with Gasteiger partial charge in [-0.3, -0.25) is 19.9 Å². The molecule has 0 saturated carbocycles. The van der Waals surface area contributed by atoms with Gasteiger partial charge in [0.1, 0.15) is 11.8 Å². The van der Waals surface area contributed by atoms with Crippen LogP contribution in [-0.4, -0.2) is 33.1 Å². The quantitative estimate of drug-likeness (QED) is 0.575. The van der Waals surface area contributed by atoms with E-state index in [1.165, 1.54) is 6.07 Å². The lowest BCUT2D eigenvalue weighted by molar-refractivity contribution is -0.141. The van der Waals surface area contributed by atoms with Gasteiger partial charge in [0, 0.05) is 18.9 Å². The number of phenolic OH excluding ortho intramolecular Hbond substituents is 1. The van der Waals surface area contributed by atoms with Gasteiger partial charge in [0.2, 0.25) is 5.91 Å². The van der Waals surface area contributed by atoms with E-state index in [2.05, 4.69) is 15.6 Å². The molecule has 126 valence electrons. The summed E-state index contributed by atoms with van der Waals surface area (Å²) in [6.45, 7) is 2.11. The normalized spacial score (nSPS) is 11.7. The summed E-state index contributed by atoms with van der Waals surface area (Å²) in [6, 6.07) is 7.31. The topological polar surface area (TPSA) is 112 Å². The molecule has 0 bridgehead atoms. The van der Waals surface area contributed by atoms with Crippen LogP contribution < -0.4 is 10.6 Å². The molecule has 2 aromatic rings. The Morgan fingerprint density at radius 3 is 2.75 bits per heavy atom. The van der Waals surface area contributed by atoms with Crippen molar-refractivity contribution in [1.29, 1.82) is 0 Å². The van der Waals surface area contributed by atoms with Gasteiger partial charge in [-0.15, -0.1) is 0 Å². The number of anilines is 1. The van der Waals surface area contributed by atoms with E-state index in [0.29, 0.717) is 0 Å². The minimum Gasteiger partial charge on any atom is -0.506 e. The zero-order chi connectivity index (χ0) is 17.5. The molecule has 4 N–H and O–H groups in total. The van der Waals surface area contributed by atoms with Crippen molar-refractivity contribution in [2.45, 2.75) is 25.9 Å². The Morgan fingerprint density at radius 1 is 1.29 bits per heavy atom. The van der Waals surface area contributed by atoms with Crippen LogP contribution >= 0.6 is 0 Å². The molecule has 24 heavy (non-hydrogen) atoms. The minimum atomic E-state index is -1.12. The maximum absolute atomic E-state index is 12.1. The second-order valence-corrected chi connectivity index (χ2v) is 5.41. The highest BCUT2D eigenvalue weighted by Gasteiger charge is 2.21. The lowest BCUT2D eigenvalue weighted by atomic mass is 10.1. The third kappa shape index (κ3) is 5.06. The van der Waals surface area contributed by atoms with Crippen LogP contribution in [0.25, 0.3) is 0 Å². The van der Waals surface area contributed by atoms with E-state index in [4.69, 9.17) is 0 Å². The van der Waals surface area contributed by atoms with Gasteiger partial charge in [0.15, 0.2) is 0 Å². The molecule has 7 heteroatoms. The third-order valence-electron chi connectivity index (χ3n) is 3.39. The van der Waals surface area contributed by atoms with E-state index < -0.39 is 17.9 Å². The average molecular weight is 329 g/mol. The summed E-state index contributed by atoms with van der Waals surface area (Å²) in [5.74, 6) is -1.69. The Morgan fingerprint density at radius 2 is 2.08 bits per heavy atom. The number of benzene rings is 1. The highest BCUT2D eigenvalue weighted by atomic mass is 16.4. The minimum absolute atomic E-state index is 0.0656. The Balaban J connectivity index is 1.95. The number of aryl methyl sites for hydroxylation is 1. The molecule has 0 fully saturated rings. The predicted octanol–water partition coefficient (Wildman–Crippen LogP) is 1.67. The van der Waals surface area contributed by atoms with Crippen LogP contribution in [0.2, 0.25) is 0 Å². The Hall–Kier alpha value is -2.93. The average Bonchev–Trinajstić information content (AvgIpc) is 2.55. The number of carbonyl (C=O) groups excluding carboxylic acids is 1. The molecule has 0 saturated heterocycles. The van der Waals surface area contributed by atoms with Crippen LogP contribution in [0.1, 0.15) is 17.5 Å². The number of carbonyl (C=O) groups is 2. The largest absolute Gasteiger partial charge is 0.506 e. The number of aromatic nitrogens is 1. The van der Waals surface area contributed by atoms with Gasteiger partial charge in [0.25, 0.3) is 0 Å². The lowest BCUT2D eigenvalue weighted by Gasteiger charge is -2.15. The number of carboxylic acid groups (broad SMARTS) is 1. The van der Waals surface area contributed by atoms with Gasteiger partial charge in [0.05, 0.1) is 12.1 Å². The molecule has 1 aromatic heterocycles. The predicted molar refractivity (Wildman–Crippen MR) is 88.6 cm³/mol. The van der Waals surface area contributed by atoms with Gasteiger partial charge in [-0.25, -0.2) is 0 Å². The van der Waals surface area contributed by atoms with Gasteiger partial charge < -0.3 is 15.5 Å². The number of amides is 1. The number of carboxylic acids is 1. The highest BCUT2D eigenvalue weighted by molar-refractivity contribution is 5.95. The van der Waals surface area contributed by atoms with Crippen molar-refractivity contribution < 1.29 is 19.8 Å². The Bertz CT molecular complexity index is 719. The van der Waals surface area contributed by atoms with Gasteiger partial charge >= 0.3 is 5.97 Å². The summed E-state index contributed by atoms with van der Waals surface area (Å²) in [5.41, 5.74) is 1.95. The number of nitrogens with one attached hydrogen (secondary N) is 2. The van der Waals surface area contributed by atoms with Crippen LogP contribution in [0.3, 0.4) is 0 Å². The molecule has 0 unspecified atom stereocenters. The van der Waals surface area contributed by atoms with Crippen molar-refractivity contribution in [2.75, 3.05) is 5.32 Å². The van der Waals surface area contributed by atoms with Crippen LogP contribution in [0, 0.1) is 6.92 Å². The highest BCUT2D eigenvalue weighted by Crippen LogP contribution is 2.24. The number of aliphatic carboxylic acids is 1. The number of aromatic hydroxyl groups is 1. The maximum Gasteiger partial charge on any atom is 0.321 e. The third-order valence-corrected chi connectivity index (χ3v) is 3.39. The molecule has 2 rings (SSSR count). The van der Waals surface area contributed by atoms with Crippen LogP contribution in [0.4, 0.5) is 5.69 Å². The van der Waals surface area contributed by atoms with Gasteiger partial charge in [-0.1, -0.05) is 12.1 Å². The van der Waals surface area contributed by atoms with Crippen molar-refractivity contribution in [3.05, 3.63) is 53.9 Å². The number of hydrogen-bond donors (Lipinski definition) is 4. The summed E-state index contributed by atoms with van der Waals surface area (Å²) in [7, 11) is 0. The first-order chi connectivity index (χ1) is 11.5.